The molecule has 10 nitrogen and oxygen atoms in total. The standard InChI is InChI=1S/C26H27N5O5S/c1-16-3-4-19-24(17(16)2)27-26-30(19)25(32)23(37-26)14-18-13-22(31(33)34)21(29-7-11-36-12-8-29)15-20(18)28-5-9-35-10-6-28/h3-4,13-15H,5-12H2,1-2H3/b23-14+. The first-order valence-corrected chi connectivity index (χ1v) is 13.1. The summed E-state index contributed by atoms with van der Waals surface area (Å²) in [5.41, 5.74) is 5.72. The van der Waals surface area contributed by atoms with Crippen LogP contribution < -0.4 is 19.9 Å². The first-order chi connectivity index (χ1) is 17.9. The molecule has 0 N–H and O–H groups in total. The summed E-state index contributed by atoms with van der Waals surface area (Å²) in [5.74, 6) is 0. The van der Waals surface area contributed by atoms with Crippen LogP contribution in [0, 0.1) is 24.0 Å². The lowest BCUT2D eigenvalue weighted by atomic mass is 10.1. The van der Waals surface area contributed by atoms with Crippen molar-refractivity contribution in [3.05, 3.63) is 66.0 Å². The first kappa shape index (κ1) is 23.8. The van der Waals surface area contributed by atoms with Gasteiger partial charge in [0, 0.05) is 43.5 Å². The molecule has 0 unspecified atom stereocenters. The van der Waals surface area contributed by atoms with Crippen molar-refractivity contribution in [1.82, 2.24) is 9.38 Å². The van der Waals surface area contributed by atoms with Gasteiger partial charge in [-0.15, -0.1) is 0 Å². The summed E-state index contributed by atoms with van der Waals surface area (Å²) in [6, 6.07) is 7.42. The van der Waals surface area contributed by atoms with Gasteiger partial charge in [0.05, 0.1) is 46.9 Å². The van der Waals surface area contributed by atoms with E-state index in [0.717, 1.165) is 27.8 Å². The minimum absolute atomic E-state index is 0.0236. The van der Waals surface area contributed by atoms with E-state index in [1.807, 2.05) is 36.9 Å². The van der Waals surface area contributed by atoms with Gasteiger partial charge in [0.25, 0.3) is 11.2 Å². The van der Waals surface area contributed by atoms with Crippen LogP contribution in [0.15, 0.2) is 29.1 Å². The number of anilines is 2. The van der Waals surface area contributed by atoms with E-state index in [0.29, 0.717) is 73.4 Å². The van der Waals surface area contributed by atoms with E-state index in [-0.39, 0.29) is 16.2 Å². The van der Waals surface area contributed by atoms with Gasteiger partial charge in [-0.1, -0.05) is 17.4 Å². The van der Waals surface area contributed by atoms with Gasteiger partial charge in [0.1, 0.15) is 5.69 Å². The number of aryl methyl sites for hydroxylation is 2. The molecule has 2 aliphatic rings. The van der Waals surface area contributed by atoms with Crippen LogP contribution in [-0.4, -0.2) is 66.9 Å². The van der Waals surface area contributed by atoms with Crippen molar-refractivity contribution in [1.29, 1.82) is 0 Å². The molecule has 0 bridgehead atoms. The fourth-order valence-electron chi connectivity index (χ4n) is 5.09. The van der Waals surface area contributed by atoms with Crippen molar-refractivity contribution in [3.63, 3.8) is 0 Å². The number of nitro groups is 1. The highest BCUT2D eigenvalue weighted by Crippen LogP contribution is 2.37. The third-order valence-electron chi connectivity index (χ3n) is 7.25. The van der Waals surface area contributed by atoms with Gasteiger partial charge < -0.3 is 19.3 Å². The number of imidazole rings is 1. The zero-order chi connectivity index (χ0) is 25.7. The van der Waals surface area contributed by atoms with Gasteiger partial charge in [-0.05, 0) is 43.2 Å². The van der Waals surface area contributed by atoms with E-state index in [1.54, 1.807) is 16.5 Å². The molecule has 0 spiro atoms. The molecule has 0 saturated carbocycles. The monoisotopic (exact) mass is 521 g/mol. The third kappa shape index (κ3) is 4.12. The molecule has 2 fully saturated rings. The average Bonchev–Trinajstić information content (AvgIpc) is 3.43. The number of thiazole rings is 1. The highest BCUT2D eigenvalue weighted by molar-refractivity contribution is 7.15. The Morgan fingerprint density at radius 2 is 1.65 bits per heavy atom. The van der Waals surface area contributed by atoms with Crippen molar-refractivity contribution in [2.45, 2.75) is 13.8 Å². The lowest BCUT2D eigenvalue weighted by molar-refractivity contribution is -0.384. The molecule has 6 rings (SSSR count). The van der Waals surface area contributed by atoms with Gasteiger partial charge in [0.2, 0.25) is 0 Å². The zero-order valence-electron chi connectivity index (χ0n) is 20.7. The summed E-state index contributed by atoms with van der Waals surface area (Å²) >= 11 is 1.30. The van der Waals surface area contributed by atoms with Gasteiger partial charge in [0.15, 0.2) is 4.96 Å². The fraction of sp³-hybridized carbons (Fsp3) is 0.385. The van der Waals surface area contributed by atoms with Crippen LogP contribution >= 0.6 is 11.3 Å². The van der Waals surface area contributed by atoms with E-state index in [2.05, 4.69) is 4.90 Å². The van der Waals surface area contributed by atoms with Crippen LogP contribution in [0.5, 0.6) is 0 Å². The van der Waals surface area contributed by atoms with Crippen LogP contribution in [-0.2, 0) is 9.47 Å². The van der Waals surface area contributed by atoms with E-state index in [9.17, 15) is 14.9 Å². The maximum Gasteiger partial charge on any atom is 0.293 e. The van der Waals surface area contributed by atoms with Crippen molar-refractivity contribution >= 4 is 50.5 Å². The summed E-state index contributed by atoms with van der Waals surface area (Å²) in [4.78, 5) is 34.9. The normalized spacial score (nSPS) is 17.3. The van der Waals surface area contributed by atoms with Gasteiger partial charge in [-0.3, -0.25) is 14.9 Å². The molecule has 11 heteroatoms. The number of hydrogen-bond acceptors (Lipinski definition) is 9. The second-order valence-corrected chi connectivity index (χ2v) is 10.4. The highest BCUT2D eigenvalue weighted by Gasteiger charge is 2.26. The Kier molecular flexibility index (Phi) is 6.06. The van der Waals surface area contributed by atoms with E-state index < -0.39 is 0 Å². The Morgan fingerprint density at radius 3 is 2.30 bits per heavy atom. The smallest absolute Gasteiger partial charge is 0.293 e. The van der Waals surface area contributed by atoms with Crippen LogP contribution in [0.1, 0.15) is 16.7 Å². The number of nitrogens with zero attached hydrogens (tertiary/aromatic N) is 5. The maximum atomic E-state index is 13.5. The second kappa shape index (κ2) is 9.40. The van der Waals surface area contributed by atoms with Crippen LogP contribution in [0.2, 0.25) is 0 Å². The predicted molar refractivity (Wildman–Crippen MR) is 144 cm³/mol. The zero-order valence-corrected chi connectivity index (χ0v) is 21.5. The molecular formula is C26H27N5O5S. The topological polar surface area (TPSA) is 102 Å². The van der Waals surface area contributed by atoms with Crippen LogP contribution in [0.4, 0.5) is 17.1 Å². The first-order valence-electron chi connectivity index (χ1n) is 12.3. The summed E-state index contributed by atoms with van der Waals surface area (Å²) in [5, 5.41) is 12.2. The number of fused-ring (bicyclic) bond motifs is 3. The summed E-state index contributed by atoms with van der Waals surface area (Å²) in [7, 11) is 0. The lowest BCUT2D eigenvalue weighted by Gasteiger charge is -2.33. The number of nitro benzene ring substituents is 1. The fourth-order valence-corrected chi connectivity index (χ4v) is 6.06. The van der Waals surface area contributed by atoms with E-state index in [4.69, 9.17) is 14.5 Å². The summed E-state index contributed by atoms with van der Waals surface area (Å²) in [6.45, 7) is 8.76. The van der Waals surface area contributed by atoms with Gasteiger partial charge in [-0.25, -0.2) is 9.38 Å². The Hall–Kier alpha value is -3.54. The summed E-state index contributed by atoms with van der Waals surface area (Å²) in [6.07, 6.45) is 1.77. The number of rotatable bonds is 4. The molecule has 0 radical (unpaired) electrons. The Bertz CT molecular complexity index is 1630. The van der Waals surface area contributed by atoms with Gasteiger partial charge in [-0.2, -0.15) is 0 Å². The third-order valence-corrected chi connectivity index (χ3v) is 8.21. The maximum absolute atomic E-state index is 13.5. The minimum Gasteiger partial charge on any atom is -0.378 e. The molecule has 0 amide bonds. The largest absolute Gasteiger partial charge is 0.378 e. The molecular weight excluding hydrogens is 494 g/mol. The number of ether oxygens (including phenoxy) is 2. The number of morpholine rings is 2. The Morgan fingerprint density at radius 1 is 1.00 bits per heavy atom. The molecule has 0 atom stereocenters. The van der Waals surface area contributed by atoms with Crippen LogP contribution in [0.3, 0.4) is 0 Å². The van der Waals surface area contributed by atoms with Crippen molar-refractivity contribution in [2.75, 3.05) is 62.4 Å². The molecule has 37 heavy (non-hydrogen) atoms. The predicted octanol–water partition coefficient (Wildman–Crippen LogP) is 2.66. The minimum atomic E-state index is -0.344. The summed E-state index contributed by atoms with van der Waals surface area (Å²) < 4.78 is 13.1. The number of hydrogen-bond donors (Lipinski definition) is 0. The Balaban J connectivity index is 1.55. The van der Waals surface area contributed by atoms with E-state index in [1.165, 1.54) is 11.3 Å². The molecule has 4 aromatic rings. The molecule has 4 heterocycles. The van der Waals surface area contributed by atoms with Gasteiger partial charge >= 0.3 is 0 Å². The van der Waals surface area contributed by atoms with Crippen molar-refractivity contribution in [3.8, 4) is 0 Å². The molecule has 192 valence electrons. The Labute approximate surface area is 216 Å². The van der Waals surface area contributed by atoms with Crippen LogP contribution in [0.25, 0.3) is 22.1 Å². The molecule has 2 aromatic carbocycles. The quantitative estimate of drug-likeness (QED) is 0.298. The lowest BCUT2D eigenvalue weighted by Crippen LogP contribution is -2.38. The van der Waals surface area contributed by atoms with E-state index >= 15 is 0 Å². The number of aromatic nitrogens is 2. The number of benzene rings is 2. The highest BCUT2D eigenvalue weighted by atomic mass is 32.1. The molecule has 0 aliphatic carbocycles. The molecule has 2 saturated heterocycles. The molecule has 2 aliphatic heterocycles. The van der Waals surface area contributed by atoms with Crippen molar-refractivity contribution < 1.29 is 14.4 Å². The SMILES string of the molecule is Cc1ccc2c(nc3s/c(=C/c4cc([N+](=O)[O-])c(N5CCOCC5)cc4N4CCOCC4)c(=O)n32)c1C. The molecule has 2 aromatic heterocycles. The average molecular weight is 522 g/mol. The van der Waals surface area contributed by atoms with Crippen molar-refractivity contribution in [2.24, 2.45) is 0 Å². The second-order valence-electron chi connectivity index (χ2n) is 9.38.